The molecule has 0 unspecified atom stereocenters. The molecular formula is C25H37N3O5. The van der Waals surface area contributed by atoms with Gasteiger partial charge in [0.25, 0.3) is 0 Å². The van der Waals surface area contributed by atoms with Gasteiger partial charge in [0.15, 0.2) is 0 Å². The largest absolute Gasteiger partial charge is 0.361 e. The zero-order valence-corrected chi connectivity index (χ0v) is 19.6. The van der Waals surface area contributed by atoms with Gasteiger partial charge in [0.1, 0.15) is 6.79 Å². The molecule has 8 nitrogen and oxygen atoms in total. The average Bonchev–Trinajstić information content (AvgIpc) is 3.24. The molecule has 2 amide bonds. The number of H-pyrrole nitrogens is 1. The summed E-state index contributed by atoms with van der Waals surface area (Å²) in [4.78, 5) is 28.7. The molecule has 1 fully saturated rings. The van der Waals surface area contributed by atoms with E-state index in [-0.39, 0.29) is 31.3 Å². The second-order valence-corrected chi connectivity index (χ2v) is 9.12. The monoisotopic (exact) mass is 459 g/mol. The van der Waals surface area contributed by atoms with E-state index in [0.717, 1.165) is 42.1 Å². The standard InChI is InChI=1S/C25H37N3O5/c1-3-32-16-33-15-21(27-24(29)18-10-8-17(2)9-11-18)13-19(25(30)28-31)12-20-14-26-23-7-5-4-6-22(20)23/h4-7,14,17-19,21,26,31H,3,8-13,15-16H2,1-2H3,(H,27,29)(H,28,30)/t17?,18?,19-,21-/m0/s1. The molecule has 1 aliphatic carbocycles. The van der Waals surface area contributed by atoms with Crippen molar-refractivity contribution in [2.45, 2.75) is 58.4 Å². The zero-order chi connectivity index (χ0) is 23.6. The fraction of sp³-hybridized carbons (Fsp3) is 0.600. The molecule has 1 aliphatic rings. The van der Waals surface area contributed by atoms with Crippen LogP contribution in [0.25, 0.3) is 10.9 Å². The van der Waals surface area contributed by atoms with E-state index in [1.165, 1.54) is 0 Å². The van der Waals surface area contributed by atoms with Crippen molar-refractivity contribution in [1.29, 1.82) is 0 Å². The maximum atomic E-state index is 13.0. The molecule has 0 bridgehead atoms. The van der Waals surface area contributed by atoms with Gasteiger partial charge in [-0.05, 0) is 63.0 Å². The quantitative estimate of drug-likeness (QED) is 0.168. The van der Waals surface area contributed by atoms with E-state index in [2.05, 4.69) is 17.2 Å². The molecule has 1 aromatic carbocycles. The number of benzene rings is 1. The van der Waals surface area contributed by atoms with Gasteiger partial charge in [-0.25, -0.2) is 5.48 Å². The number of nitrogens with one attached hydrogen (secondary N) is 3. The van der Waals surface area contributed by atoms with Crippen molar-refractivity contribution in [2.75, 3.05) is 20.0 Å². The summed E-state index contributed by atoms with van der Waals surface area (Å²) in [6, 6.07) is 7.52. The van der Waals surface area contributed by atoms with Crippen LogP contribution >= 0.6 is 0 Å². The number of ether oxygens (including phenoxy) is 2. The van der Waals surface area contributed by atoms with E-state index < -0.39 is 11.8 Å². The molecule has 1 saturated carbocycles. The van der Waals surface area contributed by atoms with Crippen molar-refractivity contribution in [3.05, 3.63) is 36.0 Å². The van der Waals surface area contributed by atoms with Crippen LogP contribution in [0.1, 0.15) is 51.5 Å². The van der Waals surface area contributed by atoms with Crippen LogP contribution in [-0.2, 0) is 25.5 Å². The summed E-state index contributed by atoms with van der Waals surface area (Å²) in [5.41, 5.74) is 3.78. The number of fused-ring (bicyclic) bond motifs is 1. The highest BCUT2D eigenvalue weighted by Crippen LogP contribution is 2.29. The van der Waals surface area contributed by atoms with Crippen molar-refractivity contribution in [3.8, 4) is 0 Å². The molecule has 2 aromatic rings. The number of carbonyl (C=O) groups is 2. The molecule has 1 heterocycles. The van der Waals surface area contributed by atoms with E-state index in [9.17, 15) is 14.8 Å². The lowest BCUT2D eigenvalue weighted by Crippen LogP contribution is -2.45. The van der Waals surface area contributed by atoms with Crippen LogP contribution in [-0.4, -0.2) is 48.1 Å². The number of rotatable bonds is 12. The maximum Gasteiger partial charge on any atom is 0.246 e. The van der Waals surface area contributed by atoms with Crippen molar-refractivity contribution < 1.29 is 24.3 Å². The SMILES string of the molecule is CCOCOC[C@H](C[C@H](Cc1c[nH]c2ccccc12)C(=O)NO)NC(=O)C1CCC(C)CC1. The molecule has 8 heteroatoms. The molecule has 0 spiro atoms. The fourth-order valence-electron chi connectivity index (χ4n) is 4.63. The number of aromatic amines is 1. The van der Waals surface area contributed by atoms with Gasteiger partial charge in [-0.2, -0.15) is 0 Å². The van der Waals surface area contributed by atoms with Crippen LogP contribution in [0.15, 0.2) is 30.5 Å². The summed E-state index contributed by atoms with van der Waals surface area (Å²) in [6.45, 7) is 5.01. The molecule has 0 radical (unpaired) electrons. The minimum absolute atomic E-state index is 0.00525. The van der Waals surface area contributed by atoms with Crippen LogP contribution in [0.2, 0.25) is 0 Å². The summed E-state index contributed by atoms with van der Waals surface area (Å²) in [5.74, 6) is -0.345. The molecule has 1 aromatic heterocycles. The van der Waals surface area contributed by atoms with Gasteiger partial charge < -0.3 is 19.8 Å². The second kappa shape index (κ2) is 12.7. The highest BCUT2D eigenvalue weighted by molar-refractivity contribution is 5.84. The third-order valence-corrected chi connectivity index (χ3v) is 6.61. The molecule has 0 aliphatic heterocycles. The number of hydroxylamine groups is 1. The predicted molar refractivity (Wildman–Crippen MR) is 126 cm³/mol. The first-order valence-corrected chi connectivity index (χ1v) is 12.0. The van der Waals surface area contributed by atoms with E-state index in [0.29, 0.717) is 25.4 Å². The Kier molecular flexibility index (Phi) is 9.72. The van der Waals surface area contributed by atoms with Gasteiger partial charge in [-0.1, -0.05) is 25.1 Å². The van der Waals surface area contributed by atoms with Gasteiger partial charge in [-0.3, -0.25) is 14.8 Å². The Morgan fingerprint density at radius 2 is 1.94 bits per heavy atom. The second-order valence-electron chi connectivity index (χ2n) is 9.12. The number of hydrogen-bond donors (Lipinski definition) is 4. The third kappa shape index (κ3) is 7.28. The molecule has 0 saturated heterocycles. The number of hydrogen-bond acceptors (Lipinski definition) is 5. The minimum Gasteiger partial charge on any atom is -0.361 e. The van der Waals surface area contributed by atoms with Crippen LogP contribution in [0, 0.1) is 17.8 Å². The fourth-order valence-corrected chi connectivity index (χ4v) is 4.63. The number of amides is 2. The summed E-state index contributed by atoms with van der Waals surface area (Å²) < 4.78 is 10.9. The Bertz CT molecular complexity index is 891. The van der Waals surface area contributed by atoms with Crippen LogP contribution in [0.4, 0.5) is 0 Å². The molecule has 4 N–H and O–H groups in total. The summed E-state index contributed by atoms with van der Waals surface area (Å²) in [7, 11) is 0. The van der Waals surface area contributed by atoms with Crippen molar-refractivity contribution in [2.24, 2.45) is 17.8 Å². The molecule has 182 valence electrons. The Morgan fingerprint density at radius 1 is 1.18 bits per heavy atom. The van der Waals surface area contributed by atoms with Gasteiger partial charge in [0, 0.05) is 35.5 Å². The first kappa shape index (κ1) is 25.2. The highest BCUT2D eigenvalue weighted by Gasteiger charge is 2.29. The van der Waals surface area contributed by atoms with E-state index >= 15 is 0 Å². The average molecular weight is 460 g/mol. The van der Waals surface area contributed by atoms with Crippen LogP contribution in [0.3, 0.4) is 0 Å². The van der Waals surface area contributed by atoms with Gasteiger partial charge in [-0.15, -0.1) is 0 Å². The molecule has 2 atom stereocenters. The smallest absolute Gasteiger partial charge is 0.246 e. The summed E-state index contributed by atoms with van der Waals surface area (Å²) in [5, 5.41) is 13.5. The molecule has 33 heavy (non-hydrogen) atoms. The summed E-state index contributed by atoms with van der Waals surface area (Å²) >= 11 is 0. The predicted octanol–water partition coefficient (Wildman–Crippen LogP) is 3.54. The lowest BCUT2D eigenvalue weighted by Gasteiger charge is -2.29. The first-order chi connectivity index (χ1) is 16.0. The number of carbonyl (C=O) groups excluding carboxylic acids is 2. The van der Waals surface area contributed by atoms with Crippen molar-refractivity contribution in [1.82, 2.24) is 15.8 Å². The Labute approximate surface area is 195 Å². The topological polar surface area (TPSA) is 113 Å². The van der Waals surface area contributed by atoms with E-state index in [1.54, 1.807) is 5.48 Å². The third-order valence-electron chi connectivity index (χ3n) is 6.61. The Balaban J connectivity index is 1.70. The van der Waals surface area contributed by atoms with Crippen LogP contribution < -0.4 is 10.8 Å². The highest BCUT2D eigenvalue weighted by atomic mass is 16.7. The molecule has 3 rings (SSSR count). The van der Waals surface area contributed by atoms with E-state index in [4.69, 9.17) is 9.47 Å². The minimum atomic E-state index is -0.540. The lowest BCUT2D eigenvalue weighted by molar-refractivity contribution is -0.135. The van der Waals surface area contributed by atoms with Gasteiger partial charge in [0.05, 0.1) is 12.6 Å². The van der Waals surface area contributed by atoms with Crippen molar-refractivity contribution in [3.63, 3.8) is 0 Å². The van der Waals surface area contributed by atoms with Crippen molar-refractivity contribution >= 4 is 22.7 Å². The number of para-hydroxylation sites is 1. The lowest BCUT2D eigenvalue weighted by atomic mass is 9.82. The van der Waals surface area contributed by atoms with Crippen LogP contribution in [0.5, 0.6) is 0 Å². The summed E-state index contributed by atoms with van der Waals surface area (Å²) in [6.07, 6.45) is 6.54. The first-order valence-electron chi connectivity index (χ1n) is 12.0. The number of aromatic nitrogens is 1. The van der Waals surface area contributed by atoms with Gasteiger partial charge >= 0.3 is 0 Å². The Morgan fingerprint density at radius 3 is 2.67 bits per heavy atom. The van der Waals surface area contributed by atoms with E-state index in [1.807, 2.05) is 37.4 Å². The van der Waals surface area contributed by atoms with Gasteiger partial charge in [0.2, 0.25) is 11.8 Å². The molecular weight excluding hydrogens is 422 g/mol. The maximum absolute atomic E-state index is 13.0. The normalized spacial score (nSPS) is 20.3. The Hall–Kier alpha value is -2.42. The zero-order valence-electron chi connectivity index (χ0n) is 19.6.